The standard InChI is InChI=1S/C18H28N2O/c1-13-9-14(2)18(15(3)10-13)17(21)12-20(5)16-7-6-8-19(4)11-16/h9-10,16H,6-8,11-12H2,1-5H3. The fourth-order valence-corrected chi connectivity index (χ4v) is 3.55. The average Bonchev–Trinajstić information content (AvgIpc) is 2.37. The number of benzene rings is 1. The number of hydrogen-bond acceptors (Lipinski definition) is 3. The smallest absolute Gasteiger partial charge is 0.177 e. The van der Waals surface area contributed by atoms with Gasteiger partial charge in [0.25, 0.3) is 0 Å². The van der Waals surface area contributed by atoms with Gasteiger partial charge in [-0.2, -0.15) is 0 Å². The first-order valence-electron chi connectivity index (χ1n) is 7.88. The van der Waals surface area contributed by atoms with Crippen LogP contribution in [0.4, 0.5) is 0 Å². The number of hydrogen-bond donors (Lipinski definition) is 0. The average molecular weight is 288 g/mol. The van der Waals surface area contributed by atoms with Crippen LogP contribution in [-0.2, 0) is 0 Å². The van der Waals surface area contributed by atoms with E-state index in [1.807, 2.05) is 13.8 Å². The molecule has 3 nitrogen and oxygen atoms in total. The van der Waals surface area contributed by atoms with Crippen molar-refractivity contribution >= 4 is 5.78 Å². The molecule has 0 aliphatic carbocycles. The Morgan fingerprint density at radius 2 is 1.90 bits per heavy atom. The van der Waals surface area contributed by atoms with Gasteiger partial charge in [-0.05, 0) is 65.4 Å². The summed E-state index contributed by atoms with van der Waals surface area (Å²) in [5.74, 6) is 0.251. The molecule has 0 radical (unpaired) electrons. The van der Waals surface area contributed by atoms with E-state index >= 15 is 0 Å². The van der Waals surface area contributed by atoms with Crippen molar-refractivity contribution in [1.82, 2.24) is 9.80 Å². The predicted molar refractivity (Wildman–Crippen MR) is 88.1 cm³/mol. The fraction of sp³-hybridized carbons (Fsp3) is 0.611. The van der Waals surface area contributed by atoms with Gasteiger partial charge in [-0.25, -0.2) is 0 Å². The zero-order chi connectivity index (χ0) is 15.6. The molecule has 0 N–H and O–H groups in total. The number of Topliss-reactive ketones (excluding diaryl/α,β-unsaturated/α-hetero) is 1. The van der Waals surface area contributed by atoms with Crippen LogP contribution < -0.4 is 0 Å². The second-order valence-electron chi connectivity index (χ2n) is 6.67. The quantitative estimate of drug-likeness (QED) is 0.796. The van der Waals surface area contributed by atoms with Crippen LogP contribution >= 0.6 is 0 Å². The third-order valence-corrected chi connectivity index (χ3v) is 4.57. The number of carbonyl (C=O) groups is 1. The maximum atomic E-state index is 12.7. The lowest BCUT2D eigenvalue weighted by Crippen LogP contribution is -2.46. The highest BCUT2D eigenvalue weighted by molar-refractivity contribution is 6.00. The van der Waals surface area contributed by atoms with Gasteiger partial charge >= 0.3 is 0 Å². The van der Waals surface area contributed by atoms with Crippen molar-refractivity contribution in [3.05, 3.63) is 34.4 Å². The Kier molecular flexibility index (Phi) is 5.17. The highest BCUT2D eigenvalue weighted by Gasteiger charge is 2.23. The summed E-state index contributed by atoms with van der Waals surface area (Å²) in [6, 6.07) is 4.71. The number of ketones is 1. The van der Waals surface area contributed by atoms with Crippen molar-refractivity contribution in [2.24, 2.45) is 0 Å². The number of aryl methyl sites for hydroxylation is 3. The van der Waals surface area contributed by atoms with E-state index in [-0.39, 0.29) is 5.78 Å². The van der Waals surface area contributed by atoms with Crippen molar-refractivity contribution in [2.75, 3.05) is 33.7 Å². The van der Waals surface area contributed by atoms with E-state index in [4.69, 9.17) is 0 Å². The van der Waals surface area contributed by atoms with E-state index in [1.54, 1.807) is 0 Å². The highest BCUT2D eigenvalue weighted by Crippen LogP contribution is 2.19. The molecule has 3 heteroatoms. The zero-order valence-corrected chi connectivity index (χ0v) is 14.1. The summed E-state index contributed by atoms with van der Waals surface area (Å²) in [5, 5.41) is 0. The lowest BCUT2D eigenvalue weighted by Gasteiger charge is -2.35. The number of likely N-dealkylation sites (N-methyl/N-ethyl adjacent to an activating group) is 2. The third-order valence-electron chi connectivity index (χ3n) is 4.57. The second kappa shape index (κ2) is 6.71. The minimum atomic E-state index is 0.251. The molecule has 0 saturated carbocycles. The van der Waals surface area contributed by atoms with Crippen LogP contribution in [0.5, 0.6) is 0 Å². The molecule has 1 fully saturated rings. The number of rotatable bonds is 4. The molecule has 1 saturated heterocycles. The SMILES string of the molecule is Cc1cc(C)c(C(=O)CN(C)C2CCCN(C)C2)c(C)c1. The van der Waals surface area contributed by atoms with E-state index in [2.05, 4.69) is 43.0 Å². The number of nitrogens with zero attached hydrogens (tertiary/aromatic N) is 2. The van der Waals surface area contributed by atoms with E-state index in [1.165, 1.54) is 24.9 Å². The Bertz CT molecular complexity index is 501. The summed E-state index contributed by atoms with van der Waals surface area (Å²) in [4.78, 5) is 17.3. The Morgan fingerprint density at radius 3 is 2.48 bits per heavy atom. The lowest BCUT2D eigenvalue weighted by atomic mass is 9.96. The fourth-order valence-electron chi connectivity index (χ4n) is 3.55. The summed E-state index contributed by atoms with van der Waals surface area (Å²) < 4.78 is 0. The molecule has 0 amide bonds. The molecule has 1 aliphatic rings. The first kappa shape index (κ1) is 16.2. The topological polar surface area (TPSA) is 23.6 Å². The Labute approximate surface area is 128 Å². The van der Waals surface area contributed by atoms with E-state index < -0.39 is 0 Å². The molecule has 0 spiro atoms. The Balaban J connectivity index is 2.07. The summed E-state index contributed by atoms with van der Waals surface area (Å²) >= 11 is 0. The van der Waals surface area contributed by atoms with Gasteiger partial charge in [-0.3, -0.25) is 9.69 Å². The lowest BCUT2D eigenvalue weighted by molar-refractivity contribution is 0.0856. The molecule has 1 aliphatic heterocycles. The molecule has 1 heterocycles. The van der Waals surface area contributed by atoms with Gasteiger partial charge in [0.15, 0.2) is 5.78 Å². The zero-order valence-electron chi connectivity index (χ0n) is 14.1. The van der Waals surface area contributed by atoms with Crippen molar-refractivity contribution in [3.63, 3.8) is 0 Å². The van der Waals surface area contributed by atoms with Gasteiger partial charge in [0.2, 0.25) is 0 Å². The molecular formula is C18H28N2O. The summed E-state index contributed by atoms with van der Waals surface area (Å²) in [7, 11) is 4.25. The Morgan fingerprint density at radius 1 is 1.29 bits per heavy atom. The molecule has 1 unspecified atom stereocenters. The van der Waals surface area contributed by atoms with Crippen LogP contribution in [-0.4, -0.2) is 55.4 Å². The molecule has 0 bridgehead atoms. The van der Waals surface area contributed by atoms with Crippen molar-refractivity contribution in [3.8, 4) is 0 Å². The first-order valence-corrected chi connectivity index (χ1v) is 7.88. The van der Waals surface area contributed by atoms with Crippen LogP contribution in [0.15, 0.2) is 12.1 Å². The van der Waals surface area contributed by atoms with Gasteiger partial charge in [-0.1, -0.05) is 17.7 Å². The van der Waals surface area contributed by atoms with Crippen molar-refractivity contribution < 1.29 is 4.79 Å². The molecule has 116 valence electrons. The van der Waals surface area contributed by atoms with Gasteiger partial charge in [0.1, 0.15) is 0 Å². The molecule has 1 atom stereocenters. The maximum absolute atomic E-state index is 12.7. The van der Waals surface area contributed by atoms with E-state index in [0.29, 0.717) is 12.6 Å². The maximum Gasteiger partial charge on any atom is 0.177 e. The van der Waals surface area contributed by atoms with Crippen LogP contribution in [0.3, 0.4) is 0 Å². The van der Waals surface area contributed by atoms with E-state index in [9.17, 15) is 4.79 Å². The van der Waals surface area contributed by atoms with Crippen molar-refractivity contribution in [1.29, 1.82) is 0 Å². The van der Waals surface area contributed by atoms with Gasteiger partial charge < -0.3 is 4.90 Å². The minimum absolute atomic E-state index is 0.251. The molecule has 21 heavy (non-hydrogen) atoms. The second-order valence-corrected chi connectivity index (χ2v) is 6.67. The van der Waals surface area contributed by atoms with Crippen LogP contribution in [0, 0.1) is 20.8 Å². The highest BCUT2D eigenvalue weighted by atomic mass is 16.1. The number of likely N-dealkylation sites (tertiary alicyclic amines) is 1. The normalized spacial score (nSPS) is 20.0. The van der Waals surface area contributed by atoms with Crippen LogP contribution in [0.2, 0.25) is 0 Å². The van der Waals surface area contributed by atoms with Crippen molar-refractivity contribution in [2.45, 2.75) is 39.7 Å². The Hall–Kier alpha value is -1.19. The molecule has 2 rings (SSSR count). The minimum Gasteiger partial charge on any atom is -0.305 e. The first-order chi connectivity index (χ1) is 9.88. The third kappa shape index (κ3) is 3.92. The van der Waals surface area contributed by atoms with Gasteiger partial charge in [0, 0.05) is 18.2 Å². The van der Waals surface area contributed by atoms with Gasteiger partial charge in [-0.15, -0.1) is 0 Å². The summed E-state index contributed by atoms with van der Waals surface area (Å²) in [6.07, 6.45) is 2.42. The van der Waals surface area contributed by atoms with Crippen LogP contribution in [0.25, 0.3) is 0 Å². The molecular weight excluding hydrogens is 260 g/mol. The monoisotopic (exact) mass is 288 g/mol. The van der Waals surface area contributed by atoms with Gasteiger partial charge in [0.05, 0.1) is 6.54 Å². The molecule has 1 aromatic carbocycles. The van der Waals surface area contributed by atoms with Crippen LogP contribution in [0.1, 0.15) is 39.9 Å². The molecule has 0 aromatic heterocycles. The predicted octanol–water partition coefficient (Wildman–Crippen LogP) is 2.82. The summed E-state index contributed by atoms with van der Waals surface area (Å²) in [5.41, 5.74) is 4.35. The number of piperidine rings is 1. The van der Waals surface area contributed by atoms with E-state index in [0.717, 1.165) is 23.2 Å². The number of carbonyl (C=O) groups excluding carboxylic acids is 1. The largest absolute Gasteiger partial charge is 0.305 e. The molecule has 1 aromatic rings. The summed E-state index contributed by atoms with van der Waals surface area (Å²) in [6.45, 7) is 8.93.